The smallest absolute Gasteiger partial charge is 0.305 e. The molecular formula is C24H23F2NO4S. The Balaban J connectivity index is 1.60. The van der Waals surface area contributed by atoms with Crippen molar-refractivity contribution in [2.24, 2.45) is 0 Å². The number of thiophene rings is 1. The molecule has 1 heterocycles. The van der Waals surface area contributed by atoms with Gasteiger partial charge in [0.2, 0.25) is 0 Å². The number of hydrogen-bond donors (Lipinski definition) is 2. The van der Waals surface area contributed by atoms with Crippen LogP contribution in [0.25, 0.3) is 11.1 Å². The number of carboxylic acid groups (broad SMARTS) is 1. The lowest BCUT2D eigenvalue weighted by atomic mass is 10.0. The highest BCUT2D eigenvalue weighted by molar-refractivity contribution is 7.14. The highest BCUT2D eigenvalue weighted by Gasteiger charge is 2.23. The van der Waals surface area contributed by atoms with Gasteiger partial charge in [0.25, 0.3) is 11.8 Å². The van der Waals surface area contributed by atoms with Gasteiger partial charge in [-0.25, -0.2) is 8.78 Å². The standard InChI is InChI=1S/C24H23F2NO4S/c1-15(20-11-12-21(32-20)23(30)27-14-13-22(28)29)31-19-9-5-17(6-10-19)16-3-7-18(8-4-16)24(2,25)26/h3-12,15H,13-14H2,1-2H3,(H,27,30)(H,28,29). The second kappa shape index (κ2) is 9.91. The zero-order valence-corrected chi connectivity index (χ0v) is 18.4. The monoisotopic (exact) mass is 459 g/mol. The minimum absolute atomic E-state index is 0.0269. The van der Waals surface area contributed by atoms with Crippen molar-refractivity contribution < 1.29 is 28.2 Å². The Morgan fingerprint density at radius 3 is 2.19 bits per heavy atom. The molecule has 1 aromatic heterocycles. The molecule has 0 aliphatic heterocycles. The van der Waals surface area contributed by atoms with Gasteiger partial charge >= 0.3 is 5.97 Å². The first-order valence-electron chi connectivity index (χ1n) is 9.98. The zero-order valence-electron chi connectivity index (χ0n) is 17.6. The van der Waals surface area contributed by atoms with Crippen LogP contribution in [0.1, 0.15) is 46.5 Å². The van der Waals surface area contributed by atoms with Crippen LogP contribution in [0, 0.1) is 0 Å². The number of hydrogen-bond acceptors (Lipinski definition) is 4. The first-order chi connectivity index (χ1) is 15.1. The third kappa shape index (κ3) is 6.13. The molecule has 0 saturated heterocycles. The number of benzene rings is 2. The van der Waals surface area contributed by atoms with Gasteiger partial charge in [-0.05, 0) is 42.3 Å². The molecular weight excluding hydrogens is 436 g/mol. The van der Waals surface area contributed by atoms with Crippen molar-refractivity contribution in [1.29, 1.82) is 0 Å². The molecule has 3 rings (SSSR count). The predicted octanol–water partition coefficient (Wildman–Crippen LogP) is 5.87. The van der Waals surface area contributed by atoms with Crippen LogP contribution in [0.2, 0.25) is 0 Å². The third-order valence-electron chi connectivity index (χ3n) is 4.77. The van der Waals surface area contributed by atoms with E-state index in [2.05, 4.69) is 5.32 Å². The average Bonchev–Trinajstić information content (AvgIpc) is 3.24. The van der Waals surface area contributed by atoms with Crippen LogP contribution in [0.5, 0.6) is 5.75 Å². The summed E-state index contributed by atoms with van der Waals surface area (Å²) in [6, 6.07) is 17.0. The largest absolute Gasteiger partial charge is 0.485 e. The Labute approximate surface area is 188 Å². The Morgan fingerprint density at radius 1 is 1.03 bits per heavy atom. The van der Waals surface area contributed by atoms with E-state index in [-0.39, 0.29) is 30.5 Å². The number of alkyl halides is 2. The molecule has 2 N–H and O–H groups in total. The molecule has 5 nitrogen and oxygen atoms in total. The maximum absolute atomic E-state index is 13.4. The lowest BCUT2D eigenvalue weighted by Gasteiger charge is -2.14. The van der Waals surface area contributed by atoms with E-state index in [1.165, 1.54) is 23.5 Å². The van der Waals surface area contributed by atoms with E-state index in [4.69, 9.17) is 9.84 Å². The van der Waals surface area contributed by atoms with Gasteiger partial charge in [-0.2, -0.15) is 0 Å². The first-order valence-corrected chi connectivity index (χ1v) is 10.8. The van der Waals surface area contributed by atoms with Crippen LogP contribution in [-0.2, 0) is 10.7 Å². The maximum atomic E-state index is 13.4. The highest BCUT2D eigenvalue weighted by atomic mass is 32.1. The fourth-order valence-corrected chi connectivity index (χ4v) is 3.91. The quantitative estimate of drug-likeness (QED) is 0.420. The summed E-state index contributed by atoms with van der Waals surface area (Å²) in [5, 5.41) is 11.2. The summed E-state index contributed by atoms with van der Waals surface area (Å²) in [4.78, 5) is 24.0. The number of ether oxygens (including phenoxy) is 1. The summed E-state index contributed by atoms with van der Waals surface area (Å²) in [6.07, 6.45) is -0.424. The lowest BCUT2D eigenvalue weighted by molar-refractivity contribution is -0.136. The molecule has 0 bridgehead atoms. The van der Waals surface area contributed by atoms with Gasteiger partial charge in [0.05, 0.1) is 11.3 Å². The highest BCUT2D eigenvalue weighted by Crippen LogP contribution is 2.31. The molecule has 32 heavy (non-hydrogen) atoms. The molecule has 0 fully saturated rings. The molecule has 1 amide bonds. The molecule has 0 spiro atoms. The van der Waals surface area contributed by atoms with Crippen molar-refractivity contribution in [3.63, 3.8) is 0 Å². The van der Waals surface area contributed by atoms with Gasteiger partial charge in [-0.3, -0.25) is 9.59 Å². The molecule has 0 aliphatic rings. The molecule has 0 radical (unpaired) electrons. The van der Waals surface area contributed by atoms with Gasteiger partial charge < -0.3 is 15.2 Å². The number of rotatable bonds is 9. The normalized spacial score (nSPS) is 12.2. The van der Waals surface area contributed by atoms with E-state index in [9.17, 15) is 18.4 Å². The van der Waals surface area contributed by atoms with E-state index < -0.39 is 11.9 Å². The maximum Gasteiger partial charge on any atom is 0.305 e. The minimum Gasteiger partial charge on any atom is -0.485 e. The number of carbonyl (C=O) groups excluding carboxylic acids is 1. The number of carbonyl (C=O) groups is 2. The summed E-state index contributed by atoms with van der Waals surface area (Å²) in [5.74, 6) is -3.51. The molecule has 2 aromatic carbocycles. The topological polar surface area (TPSA) is 75.6 Å². The third-order valence-corrected chi connectivity index (χ3v) is 6.01. The van der Waals surface area contributed by atoms with Gasteiger partial charge in [-0.1, -0.05) is 36.4 Å². The van der Waals surface area contributed by atoms with E-state index in [1.54, 1.807) is 36.4 Å². The summed E-state index contributed by atoms with van der Waals surface area (Å²) >= 11 is 1.28. The van der Waals surface area contributed by atoms with Crippen LogP contribution in [0.15, 0.2) is 60.7 Å². The predicted molar refractivity (Wildman–Crippen MR) is 119 cm³/mol. The number of halogens is 2. The average molecular weight is 460 g/mol. The molecule has 0 saturated carbocycles. The first kappa shape index (κ1) is 23.4. The summed E-state index contributed by atoms with van der Waals surface area (Å²) in [6.45, 7) is 2.82. The molecule has 3 aromatic rings. The van der Waals surface area contributed by atoms with Gasteiger partial charge in [0.15, 0.2) is 0 Å². The van der Waals surface area contributed by atoms with Crippen molar-refractivity contribution in [2.75, 3.05) is 6.54 Å². The van der Waals surface area contributed by atoms with Gasteiger partial charge in [0.1, 0.15) is 11.9 Å². The molecule has 1 unspecified atom stereocenters. The molecule has 0 aliphatic carbocycles. The number of nitrogens with one attached hydrogen (secondary N) is 1. The number of amides is 1. The minimum atomic E-state index is -2.87. The van der Waals surface area contributed by atoms with Crippen molar-refractivity contribution >= 4 is 23.2 Å². The lowest BCUT2D eigenvalue weighted by Crippen LogP contribution is -2.25. The zero-order chi connectivity index (χ0) is 23.3. The number of aliphatic carboxylic acids is 1. The Bertz CT molecular complexity index is 1070. The van der Waals surface area contributed by atoms with Gasteiger partial charge in [0, 0.05) is 23.9 Å². The van der Waals surface area contributed by atoms with E-state index in [0.717, 1.165) is 22.9 Å². The van der Waals surface area contributed by atoms with Crippen LogP contribution in [0.3, 0.4) is 0 Å². The SMILES string of the molecule is CC(Oc1ccc(-c2ccc(C(C)(F)F)cc2)cc1)c1ccc(C(=O)NCCC(=O)O)s1. The van der Waals surface area contributed by atoms with Crippen molar-refractivity contribution in [2.45, 2.75) is 32.3 Å². The molecule has 168 valence electrons. The molecule has 8 heteroatoms. The van der Waals surface area contributed by atoms with E-state index in [1.807, 2.05) is 19.1 Å². The summed E-state index contributed by atoms with van der Waals surface area (Å²) in [5.41, 5.74) is 1.68. The molecule has 1 atom stereocenters. The van der Waals surface area contributed by atoms with E-state index in [0.29, 0.717) is 10.6 Å². The Kier molecular flexibility index (Phi) is 7.25. The Morgan fingerprint density at radius 2 is 1.62 bits per heavy atom. The van der Waals surface area contributed by atoms with Crippen LogP contribution in [0.4, 0.5) is 8.78 Å². The fourth-order valence-electron chi connectivity index (χ4n) is 3.01. The van der Waals surface area contributed by atoms with Gasteiger partial charge in [-0.15, -0.1) is 11.3 Å². The second-order valence-electron chi connectivity index (χ2n) is 7.35. The van der Waals surface area contributed by atoms with Crippen LogP contribution in [-0.4, -0.2) is 23.5 Å². The second-order valence-corrected chi connectivity index (χ2v) is 8.47. The van der Waals surface area contributed by atoms with Crippen LogP contribution >= 0.6 is 11.3 Å². The van der Waals surface area contributed by atoms with Crippen molar-refractivity contribution in [1.82, 2.24) is 5.32 Å². The summed E-state index contributed by atoms with van der Waals surface area (Å²) in [7, 11) is 0. The Hall–Kier alpha value is -3.26. The fraction of sp³-hybridized carbons (Fsp3) is 0.250. The van der Waals surface area contributed by atoms with E-state index >= 15 is 0 Å². The van der Waals surface area contributed by atoms with Crippen LogP contribution < -0.4 is 10.1 Å². The number of carboxylic acids is 1. The van der Waals surface area contributed by atoms with Crippen molar-refractivity contribution in [3.05, 3.63) is 76.0 Å². The summed E-state index contributed by atoms with van der Waals surface area (Å²) < 4.78 is 32.7. The van der Waals surface area contributed by atoms with Crippen molar-refractivity contribution in [3.8, 4) is 16.9 Å².